The van der Waals surface area contributed by atoms with E-state index in [-0.39, 0.29) is 22.5 Å². The summed E-state index contributed by atoms with van der Waals surface area (Å²) in [7, 11) is 0. The van der Waals surface area contributed by atoms with E-state index in [0.29, 0.717) is 6.10 Å². The number of hydrogen-bond acceptors (Lipinski definition) is 3. The fraction of sp³-hybridized carbons (Fsp3) is 0.708. The molecular formula is C24H31NO2. The number of aliphatic hydroxyl groups is 1. The van der Waals surface area contributed by atoms with Gasteiger partial charge in [-0.25, -0.2) is 0 Å². The smallest absolute Gasteiger partial charge is 0.103 e. The summed E-state index contributed by atoms with van der Waals surface area (Å²) in [5, 5.41) is 10.3. The Kier molecular flexibility index (Phi) is 3.25. The van der Waals surface area contributed by atoms with Crippen molar-refractivity contribution < 1.29 is 9.84 Å². The lowest BCUT2D eigenvalue weighted by atomic mass is 9.44. The zero-order valence-corrected chi connectivity index (χ0v) is 16.5. The molecule has 5 aliphatic rings. The molecular weight excluding hydrogens is 334 g/mol. The average molecular weight is 366 g/mol. The zero-order valence-electron chi connectivity index (χ0n) is 16.5. The first kappa shape index (κ1) is 16.7. The highest BCUT2D eigenvalue weighted by Crippen LogP contribution is 2.73. The van der Waals surface area contributed by atoms with Crippen LogP contribution in [0.15, 0.2) is 30.6 Å². The van der Waals surface area contributed by atoms with Crippen molar-refractivity contribution in [2.45, 2.75) is 76.6 Å². The summed E-state index contributed by atoms with van der Waals surface area (Å²) in [6.45, 7) is 5.02. The fourth-order valence-corrected chi connectivity index (χ4v) is 8.19. The quantitative estimate of drug-likeness (QED) is 0.739. The average Bonchev–Trinajstić information content (AvgIpc) is 3.24. The molecule has 144 valence electrons. The van der Waals surface area contributed by atoms with Crippen molar-refractivity contribution in [1.82, 2.24) is 4.98 Å². The molecule has 0 unspecified atom stereocenters. The molecule has 0 amide bonds. The lowest BCUT2D eigenvalue weighted by Gasteiger charge is -2.59. The van der Waals surface area contributed by atoms with Gasteiger partial charge in [-0.05, 0) is 78.9 Å². The number of hydrogen-bond donors (Lipinski definition) is 1. The Morgan fingerprint density at radius 2 is 2.07 bits per heavy atom. The van der Waals surface area contributed by atoms with Gasteiger partial charge in [-0.1, -0.05) is 26.0 Å². The first-order valence-corrected chi connectivity index (χ1v) is 10.9. The van der Waals surface area contributed by atoms with E-state index in [1.54, 1.807) is 0 Å². The molecule has 3 nitrogen and oxygen atoms in total. The van der Waals surface area contributed by atoms with Crippen LogP contribution in [0.25, 0.3) is 5.57 Å². The Hall–Kier alpha value is -1.19. The van der Waals surface area contributed by atoms with Crippen LogP contribution in [-0.4, -0.2) is 27.9 Å². The van der Waals surface area contributed by atoms with Gasteiger partial charge in [-0.2, -0.15) is 0 Å². The van der Waals surface area contributed by atoms with Crippen molar-refractivity contribution in [3.63, 3.8) is 0 Å². The topological polar surface area (TPSA) is 45.6 Å². The number of pyridine rings is 1. The van der Waals surface area contributed by atoms with Crippen molar-refractivity contribution in [2.75, 3.05) is 0 Å². The molecule has 8 atom stereocenters. The van der Waals surface area contributed by atoms with E-state index in [0.717, 1.165) is 37.0 Å². The second-order valence-electron chi connectivity index (χ2n) is 10.5. The molecule has 0 aromatic carbocycles. The normalized spacial score (nSPS) is 52.9. The van der Waals surface area contributed by atoms with E-state index >= 15 is 0 Å². The largest absolute Gasteiger partial charge is 0.393 e. The number of aromatic nitrogens is 1. The molecule has 3 saturated carbocycles. The van der Waals surface area contributed by atoms with Gasteiger partial charge in [-0.3, -0.25) is 4.98 Å². The van der Waals surface area contributed by atoms with Crippen molar-refractivity contribution in [3.05, 3.63) is 36.2 Å². The first-order valence-electron chi connectivity index (χ1n) is 10.9. The molecule has 0 radical (unpaired) electrons. The minimum Gasteiger partial charge on any atom is -0.393 e. The van der Waals surface area contributed by atoms with Crippen LogP contribution in [0.1, 0.15) is 64.4 Å². The van der Waals surface area contributed by atoms with Crippen molar-refractivity contribution in [3.8, 4) is 0 Å². The number of allylic oxidation sites excluding steroid dienone is 2. The van der Waals surface area contributed by atoms with Crippen LogP contribution in [0.5, 0.6) is 0 Å². The Morgan fingerprint density at radius 3 is 2.89 bits per heavy atom. The second kappa shape index (κ2) is 5.24. The maximum atomic E-state index is 10.3. The number of fused-ring (bicyclic) bond motifs is 4. The van der Waals surface area contributed by atoms with Gasteiger partial charge in [0.15, 0.2) is 0 Å². The highest BCUT2D eigenvalue weighted by Gasteiger charge is 2.75. The molecule has 1 saturated heterocycles. The molecule has 1 aromatic heterocycles. The number of ether oxygens (including phenoxy) is 1. The van der Waals surface area contributed by atoms with Crippen molar-refractivity contribution in [1.29, 1.82) is 0 Å². The monoisotopic (exact) mass is 365 g/mol. The van der Waals surface area contributed by atoms with E-state index < -0.39 is 0 Å². The first-order chi connectivity index (χ1) is 13.0. The third-order valence-electron chi connectivity index (χ3n) is 9.61. The van der Waals surface area contributed by atoms with Crippen LogP contribution in [0.4, 0.5) is 0 Å². The third-order valence-corrected chi connectivity index (χ3v) is 9.61. The van der Waals surface area contributed by atoms with Crippen LogP contribution in [0.3, 0.4) is 0 Å². The Morgan fingerprint density at radius 1 is 1.19 bits per heavy atom. The summed E-state index contributed by atoms with van der Waals surface area (Å²) < 4.78 is 6.44. The molecule has 1 aliphatic heterocycles. The Balaban J connectivity index is 1.35. The van der Waals surface area contributed by atoms with E-state index in [1.807, 2.05) is 12.4 Å². The standard InChI is InChI=1S/C24H31NO2/c1-22-9-8-20-17(19(22)6-5-18(22)15-4-3-11-25-14-15)12-21-24(27-21)13-16(26)7-10-23(20,24)2/h3-5,11,14,16-17,19-21,26H,6-10,12-13H2,1-2H3/t16-,17-,19-,20-,21+,22+,23+,24+/m0/s1. The maximum Gasteiger partial charge on any atom is 0.103 e. The highest BCUT2D eigenvalue weighted by molar-refractivity contribution is 5.72. The van der Waals surface area contributed by atoms with Crippen LogP contribution in [0, 0.1) is 28.6 Å². The lowest BCUT2D eigenvalue weighted by molar-refractivity contribution is -0.102. The molecule has 6 rings (SSSR count). The maximum absolute atomic E-state index is 10.3. The summed E-state index contributed by atoms with van der Waals surface area (Å²) in [5.41, 5.74) is 3.40. The highest BCUT2D eigenvalue weighted by atomic mass is 16.6. The molecule has 4 aliphatic carbocycles. The summed E-state index contributed by atoms with van der Waals surface area (Å²) in [4.78, 5) is 4.38. The summed E-state index contributed by atoms with van der Waals surface area (Å²) in [6, 6.07) is 4.30. The van der Waals surface area contributed by atoms with Crippen LogP contribution in [-0.2, 0) is 4.74 Å². The van der Waals surface area contributed by atoms with Gasteiger partial charge >= 0.3 is 0 Å². The number of nitrogens with zero attached hydrogens (tertiary/aromatic N) is 1. The molecule has 1 N–H and O–H groups in total. The van der Waals surface area contributed by atoms with E-state index in [2.05, 4.69) is 37.0 Å². The van der Waals surface area contributed by atoms with Crippen LogP contribution >= 0.6 is 0 Å². The van der Waals surface area contributed by atoms with Gasteiger partial charge in [0.2, 0.25) is 0 Å². The predicted molar refractivity (Wildman–Crippen MR) is 105 cm³/mol. The molecule has 27 heavy (non-hydrogen) atoms. The summed E-state index contributed by atoms with van der Waals surface area (Å²) >= 11 is 0. The Labute approximate surface area is 162 Å². The number of rotatable bonds is 1. The van der Waals surface area contributed by atoms with Gasteiger partial charge < -0.3 is 9.84 Å². The lowest BCUT2D eigenvalue weighted by Crippen LogP contribution is -2.58. The van der Waals surface area contributed by atoms with E-state index in [1.165, 1.54) is 36.8 Å². The SMILES string of the molecule is C[C@]12CC[C@H]3[C@@H](C[C@H]4O[C@]45C[C@@H](O)CC[C@]35C)[C@@H]1CC=C2c1cccnc1. The molecule has 1 aromatic rings. The van der Waals surface area contributed by atoms with Gasteiger partial charge in [-0.15, -0.1) is 0 Å². The molecule has 1 spiro atoms. The van der Waals surface area contributed by atoms with Gasteiger partial charge in [0, 0.05) is 24.2 Å². The minimum absolute atomic E-state index is 0.00219. The van der Waals surface area contributed by atoms with Crippen molar-refractivity contribution in [2.24, 2.45) is 28.6 Å². The Bertz CT molecular complexity index is 806. The third kappa shape index (κ3) is 1.98. The fourth-order valence-electron chi connectivity index (χ4n) is 8.19. The van der Waals surface area contributed by atoms with E-state index in [4.69, 9.17) is 4.74 Å². The molecule has 4 fully saturated rings. The summed E-state index contributed by atoms with van der Waals surface area (Å²) in [6.07, 6.45) is 14.6. The van der Waals surface area contributed by atoms with Crippen molar-refractivity contribution >= 4 is 5.57 Å². The minimum atomic E-state index is -0.154. The van der Waals surface area contributed by atoms with Crippen LogP contribution in [0.2, 0.25) is 0 Å². The molecule has 2 heterocycles. The second-order valence-corrected chi connectivity index (χ2v) is 10.5. The molecule has 3 heteroatoms. The molecule has 0 bridgehead atoms. The van der Waals surface area contributed by atoms with Gasteiger partial charge in [0.05, 0.1) is 12.2 Å². The van der Waals surface area contributed by atoms with Crippen LogP contribution < -0.4 is 0 Å². The zero-order chi connectivity index (χ0) is 18.4. The predicted octanol–water partition coefficient (Wildman–Crippen LogP) is 4.61. The summed E-state index contributed by atoms with van der Waals surface area (Å²) in [5.74, 6) is 2.25. The number of epoxide rings is 1. The number of aliphatic hydroxyl groups excluding tert-OH is 1. The van der Waals surface area contributed by atoms with Gasteiger partial charge in [0.1, 0.15) is 5.60 Å². The van der Waals surface area contributed by atoms with E-state index in [9.17, 15) is 5.11 Å². The van der Waals surface area contributed by atoms with Gasteiger partial charge in [0.25, 0.3) is 0 Å².